The molecule has 0 aromatic rings. The van der Waals surface area contributed by atoms with E-state index in [-0.39, 0.29) is 23.2 Å². The van der Waals surface area contributed by atoms with Crippen LogP contribution in [-0.2, 0) is 9.59 Å². The summed E-state index contributed by atoms with van der Waals surface area (Å²) in [5.74, 6) is -0.576. The minimum atomic E-state index is -0.958. The van der Waals surface area contributed by atoms with Gasteiger partial charge in [0.25, 0.3) is 0 Å². The molecule has 2 unspecified atom stereocenters. The first kappa shape index (κ1) is 15.9. The van der Waals surface area contributed by atoms with Gasteiger partial charge in [-0.05, 0) is 19.8 Å². The molecular weight excluding hydrogens is 294 g/mol. The van der Waals surface area contributed by atoms with Crippen LogP contribution in [-0.4, -0.2) is 70.1 Å². The Bertz CT molecular complexity index is 437. The minimum Gasteiger partial charge on any atom is -0.480 e. The molecule has 2 saturated heterocycles. The van der Waals surface area contributed by atoms with Crippen LogP contribution in [0.2, 0.25) is 0 Å². The van der Waals surface area contributed by atoms with Gasteiger partial charge in [0.15, 0.2) is 0 Å². The predicted octanol–water partition coefficient (Wildman–Crippen LogP) is 0.412. The first-order chi connectivity index (χ1) is 9.95. The van der Waals surface area contributed by atoms with Crippen LogP contribution in [0.1, 0.15) is 19.8 Å². The molecule has 2 heterocycles. The molecule has 0 saturated carbocycles. The highest BCUT2D eigenvalue weighted by Gasteiger charge is 2.42. The summed E-state index contributed by atoms with van der Waals surface area (Å²) >= 11 is 1.48. The van der Waals surface area contributed by atoms with Crippen LogP contribution in [0.5, 0.6) is 0 Å². The monoisotopic (exact) mass is 315 g/mol. The fourth-order valence-corrected chi connectivity index (χ4v) is 3.99. The molecule has 0 aliphatic carbocycles. The van der Waals surface area contributed by atoms with Crippen molar-refractivity contribution in [3.8, 4) is 0 Å². The largest absolute Gasteiger partial charge is 0.480 e. The summed E-state index contributed by atoms with van der Waals surface area (Å²) in [5.41, 5.74) is 0. The second-order valence-electron chi connectivity index (χ2n) is 5.35. The van der Waals surface area contributed by atoms with Crippen molar-refractivity contribution in [2.45, 2.75) is 31.2 Å². The first-order valence-electron chi connectivity index (χ1n) is 7.09. The number of thioether (sulfide) groups is 1. The van der Waals surface area contributed by atoms with E-state index in [1.165, 1.54) is 16.7 Å². The first-order valence-corrected chi connectivity index (χ1v) is 8.13. The van der Waals surface area contributed by atoms with Gasteiger partial charge in [0.1, 0.15) is 6.04 Å². The van der Waals surface area contributed by atoms with E-state index in [2.05, 4.69) is 5.32 Å². The van der Waals surface area contributed by atoms with Crippen LogP contribution in [0.3, 0.4) is 0 Å². The van der Waals surface area contributed by atoms with Crippen LogP contribution in [0.15, 0.2) is 0 Å². The quantitative estimate of drug-likeness (QED) is 0.770. The van der Waals surface area contributed by atoms with Crippen LogP contribution < -0.4 is 5.32 Å². The maximum absolute atomic E-state index is 12.5. The number of nitrogens with one attached hydrogen (secondary N) is 1. The summed E-state index contributed by atoms with van der Waals surface area (Å²) in [6.45, 7) is 2.84. The average Bonchev–Trinajstić information content (AvgIpc) is 2.87. The Labute approximate surface area is 128 Å². The number of urea groups is 1. The van der Waals surface area contributed by atoms with Crippen molar-refractivity contribution >= 4 is 29.7 Å². The van der Waals surface area contributed by atoms with Crippen LogP contribution in [0.25, 0.3) is 0 Å². The van der Waals surface area contributed by atoms with Crippen molar-refractivity contribution < 1.29 is 19.5 Å². The lowest BCUT2D eigenvalue weighted by molar-refractivity contribution is -0.141. The van der Waals surface area contributed by atoms with Gasteiger partial charge in [-0.1, -0.05) is 0 Å². The van der Waals surface area contributed by atoms with Crippen molar-refractivity contribution in [2.24, 2.45) is 5.92 Å². The Morgan fingerprint density at radius 1 is 1.24 bits per heavy atom. The Morgan fingerprint density at radius 2 is 1.86 bits per heavy atom. The average molecular weight is 315 g/mol. The summed E-state index contributed by atoms with van der Waals surface area (Å²) in [4.78, 5) is 38.5. The molecule has 0 aromatic heterocycles. The lowest BCUT2D eigenvalue weighted by Gasteiger charge is -2.36. The molecule has 8 heteroatoms. The van der Waals surface area contributed by atoms with Gasteiger partial charge in [-0.25, -0.2) is 9.59 Å². The highest BCUT2D eigenvalue weighted by Crippen LogP contribution is 2.31. The maximum Gasteiger partial charge on any atom is 0.327 e. The summed E-state index contributed by atoms with van der Waals surface area (Å²) < 4.78 is 0. The molecule has 2 fully saturated rings. The van der Waals surface area contributed by atoms with Gasteiger partial charge >= 0.3 is 12.0 Å². The molecule has 0 bridgehead atoms. The molecule has 118 valence electrons. The highest BCUT2D eigenvalue weighted by atomic mass is 32.2. The number of aliphatic carboxylic acids is 1. The van der Waals surface area contributed by atoms with Crippen molar-refractivity contribution in [1.82, 2.24) is 15.1 Å². The number of carboxylic acids is 1. The molecular formula is C13H21N3O4S. The molecule has 2 atom stereocenters. The van der Waals surface area contributed by atoms with Gasteiger partial charge in [-0.2, -0.15) is 0 Å². The van der Waals surface area contributed by atoms with Crippen molar-refractivity contribution in [3.05, 3.63) is 0 Å². The zero-order valence-corrected chi connectivity index (χ0v) is 13.1. The second kappa shape index (κ2) is 6.55. The lowest BCUT2D eigenvalue weighted by atomic mass is 9.96. The number of carbonyl (C=O) groups excluding carboxylic acids is 2. The normalized spacial score (nSPS) is 26.8. The van der Waals surface area contributed by atoms with E-state index in [9.17, 15) is 19.5 Å². The third-order valence-electron chi connectivity index (χ3n) is 4.11. The molecule has 7 nitrogen and oxygen atoms in total. The Morgan fingerprint density at radius 3 is 2.38 bits per heavy atom. The smallest absolute Gasteiger partial charge is 0.327 e. The van der Waals surface area contributed by atoms with Gasteiger partial charge in [0.05, 0.1) is 5.37 Å². The number of carbonyl (C=O) groups is 3. The van der Waals surface area contributed by atoms with Crippen molar-refractivity contribution in [3.63, 3.8) is 0 Å². The summed E-state index contributed by atoms with van der Waals surface area (Å²) in [6.07, 6.45) is 1.25. The molecule has 2 rings (SSSR count). The van der Waals surface area contributed by atoms with E-state index in [0.717, 1.165) is 0 Å². The van der Waals surface area contributed by atoms with Gasteiger partial charge in [-0.15, -0.1) is 11.8 Å². The second-order valence-corrected chi connectivity index (χ2v) is 6.70. The number of amides is 3. The third kappa shape index (κ3) is 3.25. The predicted molar refractivity (Wildman–Crippen MR) is 78.9 cm³/mol. The van der Waals surface area contributed by atoms with Crippen LogP contribution in [0, 0.1) is 5.92 Å². The maximum atomic E-state index is 12.5. The molecule has 21 heavy (non-hydrogen) atoms. The number of carboxylic acid groups (broad SMARTS) is 1. The number of nitrogens with zero attached hydrogens (tertiary/aromatic N) is 2. The fourth-order valence-electron chi connectivity index (χ4n) is 2.82. The van der Waals surface area contributed by atoms with E-state index in [1.54, 1.807) is 11.9 Å². The van der Waals surface area contributed by atoms with Gasteiger partial charge in [0.2, 0.25) is 5.91 Å². The zero-order chi connectivity index (χ0) is 15.6. The summed E-state index contributed by atoms with van der Waals surface area (Å²) in [6, 6.07) is -0.982. The summed E-state index contributed by atoms with van der Waals surface area (Å²) in [7, 11) is 1.61. The van der Waals surface area contributed by atoms with E-state index in [4.69, 9.17) is 0 Å². The number of hydrogen-bond donors (Lipinski definition) is 2. The third-order valence-corrected chi connectivity index (χ3v) is 5.33. The lowest BCUT2D eigenvalue weighted by Crippen LogP contribution is -2.53. The minimum absolute atomic E-state index is 0.00982. The molecule has 0 spiro atoms. The standard InChI is InChI=1S/C13H21N3O4S/c1-8-16(10(7-21-8)12(18)19)13(20)15-5-3-9(4-6-15)11(17)14-2/h8-10H,3-7H2,1-2H3,(H,14,17)(H,18,19). The van der Waals surface area contributed by atoms with Crippen molar-refractivity contribution in [2.75, 3.05) is 25.9 Å². The van der Waals surface area contributed by atoms with Crippen molar-refractivity contribution in [1.29, 1.82) is 0 Å². The van der Waals surface area contributed by atoms with Gasteiger partial charge in [0, 0.05) is 31.8 Å². The molecule has 2 aliphatic heterocycles. The van der Waals surface area contributed by atoms with Crippen LogP contribution >= 0.6 is 11.8 Å². The zero-order valence-electron chi connectivity index (χ0n) is 12.2. The Kier molecular flexibility index (Phi) is 4.97. The summed E-state index contributed by atoms with van der Waals surface area (Å²) in [5, 5.41) is 11.7. The molecule has 2 N–H and O–H groups in total. The van der Waals surface area contributed by atoms with Crippen LogP contribution in [0.4, 0.5) is 4.79 Å². The number of piperidine rings is 1. The van der Waals surface area contributed by atoms with E-state index in [1.807, 2.05) is 6.92 Å². The molecule has 0 radical (unpaired) electrons. The van der Waals surface area contributed by atoms with E-state index < -0.39 is 12.0 Å². The van der Waals surface area contributed by atoms with E-state index >= 15 is 0 Å². The Hall–Kier alpha value is -1.44. The van der Waals surface area contributed by atoms with Gasteiger partial charge < -0.3 is 15.3 Å². The van der Waals surface area contributed by atoms with Gasteiger partial charge in [-0.3, -0.25) is 9.69 Å². The Balaban J connectivity index is 1.98. The van der Waals surface area contributed by atoms with E-state index in [0.29, 0.717) is 31.7 Å². The SMILES string of the molecule is CNC(=O)C1CCN(C(=O)N2C(C)SCC2C(=O)O)CC1. The number of hydrogen-bond acceptors (Lipinski definition) is 4. The number of rotatable bonds is 2. The molecule has 0 aromatic carbocycles. The molecule has 2 aliphatic rings. The highest BCUT2D eigenvalue weighted by molar-refractivity contribution is 8.00. The molecule has 3 amide bonds. The fraction of sp³-hybridized carbons (Fsp3) is 0.769. The number of likely N-dealkylation sites (tertiary alicyclic amines) is 1. The topological polar surface area (TPSA) is 90.0 Å².